The van der Waals surface area contributed by atoms with Crippen LogP contribution in [0.25, 0.3) is 11.3 Å². The van der Waals surface area contributed by atoms with Gasteiger partial charge in [0.25, 0.3) is 5.91 Å². The van der Waals surface area contributed by atoms with E-state index in [2.05, 4.69) is 10.3 Å². The lowest BCUT2D eigenvalue weighted by molar-refractivity contribution is -0.123. The highest BCUT2D eigenvalue weighted by Gasteiger charge is 2.08. The molecule has 0 radical (unpaired) electrons. The van der Waals surface area contributed by atoms with Crippen molar-refractivity contribution < 1.29 is 9.53 Å². The zero-order chi connectivity index (χ0) is 18.4. The summed E-state index contributed by atoms with van der Waals surface area (Å²) in [6.07, 6.45) is 0.672. The van der Waals surface area contributed by atoms with Crippen molar-refractivity contribution in [1.29, 1.82) is 0 Å². The van der Waals surface area contributed by atoms with E-state index in [9.17, 15) is 4.79 Å². The van der Waals surface area contributed by atoms with E-state index >= 15 is 0 Å². The maximum absolute atomic E-state index is 11.9. The summed E-state index contributed by atoms with van der Waals surface area (Å²) < 4.78 is 5.40. The molecular formula is C19H16Cl2N2O2S. The van der Waals surface area contributed by atoms with Crippen molar-refractivity contribution in [1.82, 2.24) is 10.3 Å². The van der Waals surface area contributed by atoms with E-state index in [-0.39, 0.29) is 12.5 Å². The maximum atomic E-state index is 11.9. The third-order valence-electron chi connectivity index (χ3n) is 3.54. The van der Waals surface area contributed by atoms with E-state index in [1.54, 1.807) is 29.5 Å². The van der Waals surface area contributed by atoms with Crippen molar-refractivity contribution in [2.45, 2.75) is 6.42 Å². The molecule has 3 aromatic rings. The van der Waals surface area contributed by atoms with Gasteiger partial charge in [-0.15, -0.1) is 11.3 Å². The van der Waals surface area contributed by atoms with Gasteiger partial charge in [0.05, 0.1) is 15.7 Å². The second kappa shape index (κ2) is 9.03. The summed E-state index contributed by atoms with van der Waals surface area (Å²) in [7, 11) is 0. The fourth-order valence-electron chi connectivity index (χ4n) is 2.26. The monoisotopic (exact) mass is 406 g/mol. The zero-order valence-corrected chi connectivity index (χ0v) is 16.1. The number of carbonyl (C=O) groups is 1. The predicted molar refractivity (Wildman–Crippen MR) is 106 cm³/mol. The van der Waals surface area contributed by atoms with E-state index in [1.165, 1.54) is 0 Å². The molecule has 0 fully saturated rings. The predicted octanol–water partition coefficient (Wildman–Crippen LogP) is 4.85. The molecule has 1 heterocycles. The molecule has 0 bridgehead atoms. The summed E-state index contributed by atoms with van der Waals surface area (Å²) in [5.41, 5.74) is 2.05. The Labute approximate surface area is 165 Å². The first kappa shape index (κ1) is 18.7. The summed E-state index contributed by atoms with van der Waals surface area (Å²) in [4.78, 5) is 16.5. The fraction of sp³-hybridized carbons (Fsp3) is 0.158. The van der Waals surface area contributed by atoms with E-state index in [1.807, 2.05) is 35.7 Å². The molecule has 0 unspecified atom stereocenters. The molecule has 1 N–H and O–H groups in total. The van der Waals surface area contributed by atoms with Crippen LogP contribution in [0.2, 0.25) is 10.0 Å². The Kier molecular flexibility index (Phi) is 6.50. The Bertz CT molecular complexity index is 884. The smallest absolute Gasteiger partial charge is 0.257 e. The second-order valence-corrected chi connectivity index (χ2v) is 7.24. The Balaban J connectivity index is 1.43. The summed E-state index contributed by atoms with van der Waals surface area (Å²) in [6, 6.07) is 14.9. The molecule has 0 aliphatic carbocycles. The zero-order valence-electron chi connectivity index (χ0n) is 13.7. The molecule has 3 rings (SSSR count). The molecule has 134 valence electrons. The minimum absolute atomic E-state index is 0.103. The third-order valence-corrected chi connectivity index (χ3v) is 4.97. The van der Waals surface area contributed by atoms with Crippen LogP contribution in [0, 0.1) is 0 Å². The summed E-state index contributed by atoms with van der Waals surface area (Å²) in [6.45, 7) is 0.396. The van der Waals surface area contributed by atoms with Crippen LogP contribution in [0.3, 0.4) is 0 Å². The molecule has 0 aliphatic heterocycles. The van der Waals surface area contributed by atoms with E-state index in [4.69, 9.17) is 27.9 Å². The second-order valence-electron chi connectivity index (χ2n) is 5.46. The van der Waals surface area contributed by atoms with Gasteiger partial charge in [0.15, 0.2) is 6.61 Å². The van der Waals surface area contributed by atoms with E-state index in [0.29, 0.717) is 28.8 Å². The molecule has 1 amide bonds. The Morgan fingerprint density at radius 3 is 2.73 bits per heavy atom. The summed E-state index contributed by atoms with van der Waals surface area (Å²) >= 11 is 13.4. The Morgan fingerprint density at radius 2 is 1.96 bits per heavy atom. The lowest BCUT2D eigenvalue weighted by Crippen LogP contribution is -2.30. The van der Waals surface area contributed by atoms with Gasteiger partial charge in [-0.1, -0.05) is 53.5 Å². The number of rotatable bonds is 7. The third kappa shape index (κ3) is 5.21. The molecule has 1 aromatic heterocycles. The number of nitrogens with zero attached hydrogens (tertiary/aromatic N) is 1. The van der Waals surface area contributed by atoms with E-state index < -0.39 is 0 Å². The van der Waals surface area contributed by atoms with Crippen LogP contribution in [0.5, 0.6) is 5.75 Å². The van der Waals surface area contributed by atoms with Gasteiger partial charge in [0, 0.05) is 28.9 Å². The first-order valence-electron chi connectivity index (χ1n) is 7.96. The minimum Gasteiger partial charge on any atom is -0.482 e. The molecule has 4 nitrogen and oxygen atoms in total. The van der Waals surface area contributed by atoms with Crippen LogP contribution in [0.1, 0.15) is 5.01 Å². The molecule has 7 heteroatoms. The summed E-state index contributed by atoms with van der Waals surface area (Å²) in [5, 5.41) is 6.71. The van der Waals surface area contributed by atoms with E-state index in [0.717, 1.165) is 16.3 Å². The number of aromatic nitrogens is 1. The maximum Gasteiger partial charge on any atom is 0.257 e. The number of ether oxygens (including phenoxy) is 1. The van der Waals surface area contributed by atoms with Crippen molar-refractivity contribution in [2.24, 2.45) is 0 Å². The van der Waals surface area contributed by atoms with Gasteiger partial charge < -0.3 is 10.1 Å². The highest BCUT2D eigenvalue weighted by atomic mass is 35.5. The molecule has 0 spiro atoms. The number of benzene rings is 2. The molecular weight excluding hydrogens is 391 g/mol. The van der Waals surface area contributed by atoms with Crippen molar-refractivity contribution in [2.75, 3.05) is 13.2 Å². The van der Waals surface area contributed by atoms with Crippen molar-refractivity contribution in [3.05, 3.63) is 69.0 Å². The fourth-order valence-corrected chi connectivity index (χ4v) is 3.53. The van der Waals surface area contributed by atoms with Gasteiger partial charge in [-0.25, -0.2) is 4.98 Å². The number of carbonyl (C=O) groups excluding carboxylic acids is 1. The molecule has 0 saturated carbocycles. The molecule has 2 aromatic carbocycles. The molecule has 0 saturated heterocycles. The number of halogens is 2. The van der Waals surface area contributed by atoms with Gasteiger partial charge in [-0.05, 0) is 18.2 Å². The minimum atomic E-state index is -0.212. The highest BCUT2D eigenvalue weighted by molar-refractivity contribution is 7.09. The van der Waals surface area contributed by atoms with Crippen LogP contribution in [-0.4, -0.2) is 24.0 Å². The molecule has 26 heavy (non-hydrogen) atoms. The van der Waals surface area contributed by atoms with Crippen LogP contribution in [0.4, 0.5) is 0 Å². The van der Waals surface area contributed by atoms with Crippen LogP contribution >= 0.6 is 34.5 Å². The number of hydrogen-bond donors (Lipinski definition) is 1. The van der Waals surface area contributed by atoms with Gasteiger partial charge in [0.2, 0.25) is 0 Å². The normalized spacial score (nSPS) is 10.5. The van der Waals surface area contributed by atoms with Gasteiger partial charge >= 0.3 is 0 Å². The molecule has 0 aliphatic rings. The SMILES string of the molecule is O=C(COc1ccc(Cl)cc1Cl)NCCc1nc(-c2ccccc2)cs1. The lowest BCUT2D eigenvalue weighted by Gasteiger charge is -2.08. The topological polar surface area (TPSA) is 51.2 Å². The van der Waals surface area contributed by atoms with Crippen molar-refractivity contribution in [3.8, 4) is 17.0 Å². The van der Waals surface area contributed by atoms with Crippen LogP contribution in [0.15, 0.2) is 53.9 Å². The number of amides is 1. The molecule has 0 atom stereocenters. The largest absolute Gasteiger partial charge is 0.482 e. The van der Waals surface area contributed by atoms with Gasteiger partial charge in [0.1, 0.15) is 5.75 Å². The first-order chi connectivity index (χ1) is 12.6. The van der Waals surface area contributed by atoms with Crippen LogP contribution in [-0.2, 0) is 11.2 Å². The quantitative estimate of drug-likeness (QED) is 0.609. The number of hydrogen-bond acceptors (Lipinski definition) is 4. The Hall–Kier alpha value is -2.08. The summed E-state index contributed by atoms with van der Waals surface area (Å²) in [5.74, 6) is 0.217. The number of nitrogens with one attached hydrogen (secondary N) is 1. The Morgan fingerprint density at radius 1 is 1.15 bits per heavy atom. The van der Waals surface area contributed by atoms with Crippen LogP contribution < -0.4 is 10.1 Å². The first-order valence-corrected chi connectivity index (χ1v) is 9.60. The lowest BCUT2D eigenvalue weighted by atomic mass is 10.2. The number of thiazole rings is 1. The van der Waals surface area contributed by atoms with Gasteiger partial charge in [-0.3, -0.25) is 4.79 Å². The average molecular weight is 407 g/mol. The van der Waals surface area contributed by atoms with Gasteiger partial charge in [-0.2, -0.15) is 0 Å². The highest BCUT2D eigenvalue weighted by Crippen LogP contribution is 2.27. The average Bonchev–Trinajstić information content (AvgIpc) is 3.11. The van der Waals surface area contributed by atoms with Crippen molar-refractivity contribution >= 4 is 40.4 Å². The standard InChI is InChI=1S/C19H16Cl2N2O2S/c20-14-6-7-17(15(21)10-14)25-11-18(24)22-9-8-19-23-16(12-26-19)13-4-2-1-3-5-13/h1-7,10,12H,8-9,11H2,(H,22,24). The van der Waals surface area contributed by atoms with Crippen molar-refractivity contribution in [3.63, 3.8) is 0 Å².